The predicted octanol–water partition coefficient (Wildman–Crippen LogP) is 2.88. The highest BCUT2D eigenvalue weighted by Gasteiger charge is 2.20. The van der Waals surface area contributed by atoms with Crippen molar-refractivity contribution in [3.63, 3.8) is 0 Å². The molecule has 1 aliphatic carbocycles. The SMILES string of the molecule is CN(CC1CCCC(=O)C1)c1ccccc1. The Bertz CT molecular complexity index is 347. The number of Topliss-reactive ketones (excluding diaryl/α,β-unsaturated/α-hetero) is 1. The molecule has 0 spiro atoms. The fourth-order valence-electron chi connectivity index (χ4n) is 2.45. The van der Waals surface area contributed by atoms with Crippen LogP contribution in [0.3, 0.4) is 0 Å². The molecular weight excluding hydrogens is 198 g/mol. The van der Waals surface area contributed by atoms with E-state index in [1.54, 1.807) is 0 Å². The van der Waals surface area contributed by atoms with Crippen molar-refractivity contribution in [3.05, 3.63) is 30.3 Å². The van der Waals surface area contributed by atoms with Crippen molar-refractivity contribution in [2.75, 3.05) is 18.5 Å². The molecule has 1 unspecified atom stereocenters. The van der Waals surface area contributed by atoms with Crippen LogP contribution in [0, 0.1) is 5.92 Å². The lowest BCUT2D eigenvalue weighted by atomic mass is 9.88. The summed E-state index contributed by atoms with van der Waals surface area (Å²) in [6.07, 6.45) is 3.85. The second kappa shape index (κ2) is 5.15. The van der Waals surface area contributed by atoms with E-state index in [0.29, 0.717) is 11.7 Å². The van der Waals surface area contributed by atoms with Crippen LogP contribution in [0.4, 0.5) is 5.69 Å². The molecule has 0 aliphatic heterocycles. The fourth-order valence-corrected chi connectivity index (χ4v) is 2.45. The first-order valence-corrected chi connectivity index (χ1v) is 6.03. The molecule has 1 fully saturated rings. The van der Waals surface area contributed by atoms with Crippen LogP contribution in [0.5, 0.6) is 0 Å². The number of benzene rings is 1. The van der Waals surface area contributed by atoms with Crippen molar-refractivity contribution in [2.24, 2.45) is 5.92 Å². The number of para-hydroxylation sites is 1. The number of ketones is 1. The molecule has 0 amide bonds. The molecule has 1 saturated carbocycles. The van der Waals surface area contributed by atoms with Crippen molar-refractivity contribution in [2.45, 2.75) is 25.7 Å². The van der Waals surface area contributed by atoms with Gasteiger partial charge < -0.3 is 4.90 Å². The molecule has 2 heteroatoms. The van der Waals surface area contributed by atoms with Crippen LogP contribution in [0.2, 0.25) is 0 Å². The van der Waals surface area contributed by atoms with E-state index in [-0.39, 0.29) is 0 Å². The van der Waals surface area contributed by atoms with Gasteiger partial charge in [0.05, 0.1) is 0 Å². The summed E-state index contributed by atoms with van der Waals surface area (Å²) in [5.41, 5.74) is 1.24. The van der Waals surface area contributed by atoms with Crippen LogP contribution >= 0.6 is 0 Å². The maximum atomic E-state index is 11.4. The van der Waals surface area contributed by atoms with E-state index < -0.39 is 0 Å². The van der Waals surface area contributed by atoms with Gasteiger partial charge in [-0.15, -0.1) is 0 Å². The quantitative estimate of drug-likeness (QED) is 0.776. The second-order valence-corrected chi connectivity index (χ2v) is 4.72. The highest BCUT2D eigenvalue weighted by Crippen LogP contribution is 2.23. The summed E-state index contributed by atoms with van der Waals surface area (Å²) in [7, 11) is 2.11. The molecule has 0 bridgehead atoms. The molecule has 0 aromatic heterocycles. The summed E-state index contributed by atoms with van der Waals surface area (Å²) < 4.78 is 0. The molecule has 2 rings (SSSR count). The van der Waals surface area contributed by atoms with Gasteiger partial charge in [-0.25, -0.2) is 0 Å². The molecule has 1 atom stereocenters. The molecular formula is C14H19NO. The number of carbonyl (C=O) groups excluding carboxylic acids is 1. The molecule has 16 heavy (non-hydrogen) atoms. The Morgan fingerprint density at radius 1 is 1.31 bits per heavy atom. The molecule has 0 radical (unpaired) electrons. The minimum Gasteiger partial charge on any atom is -0.374 e. The topological polar surface area (TPSA) is 20.3 Å². The van der Waals surface area contributed by atoms with Gasteiger partial charge in [0.25, 0.3) is 0 Å². The maximum Gasteiger partial charge on any atom is 0.133 e. The molecule has 1 aliphatic rings. The Balaban J connectivity index is 1.92. The van der Waals surface area contributed by atoms with Crippen molar-refractivity contribution in [3.8, 4) is 0 Å². The number of hydrogen-bond donors (Lipinski definition) is 0. The highest BCUT2D eigenvalue weighted by molar-refractivity contribution is 5.79. The van der Waals surface area contributed by atoms with Gasteiger partial charge in [0.1, 0.15) is 5.78 Å². The van der Waals surface area contributed by atoms with Gasteiger partial charge in [-0.3, -0.25) is 4.79 Å². The van der Waals surface area contributed by atoms with Crippen LogP contribution in [0.1, 0.15) is 25.7 Å². The van der Waals surface area contributed by atoms with Gasteiger partial charge >= 0.3 is 0 Å². The van der Waals surface area contributed by atoms with E-state index in [0.717, 1.165) is 25.8 Å². The summed E-state index contributed by atoms with van der Waals surface area (Å²) in [4.78, 5) is 13.6. The standard InChI is InChI=1S/C14H19NO/c1-15(13-7-3-2-4-8-13)11-12-6-5-9-14(16)10-12/h2-4,7-8,12H,5-6,9-11H2,1H3. The van der Waals surface area contributed by atoms with E-state index in [1.807, 2.05) is 6.07 Å². The molecule has 86 valence electrons. The Labute approximate surface area is 97.3 Å². The zero-order valence-electron chi connectivity index (χ0n) is 9.86. The number of nitrogens with zero attached hydrogens (tertiary/aromatic N) is 1. The van der Waals surface area contributed by atoms with Crippen molar-refractivity contribution in [1.29, 1.82) is 0 Å². The van der Waals surface area contributed by atoms with Gasteiger partial charge in [0.2, 0.25) is 0 Å². The molecule has 1 aromatic rings. The Morgan fingerprint density at radius 3 is 2.75 bits per heavy atom. The van der Waals surface area contributed by atoms with Crippen LogP contribution < -0.4 is 4.90 Å². The molecule has 2 nitrogen and oxygen atoms in total. The maximum absolute atomic E-state index is 11.4. The second-order valence-electron chi connectivity index (χ2n) is 4.72. The summed E-state index contributed by atoms with van der Waals surface area (Å²) in [6, 6.07) is 10.4. The van der Waals surface area contributed by atoms with Crippen LogP contribution in [0.25, 0.3) is 0 Å². The van der Waals surface area contributed by atoms with E-state index >= 15 is 0 Å². The lowest BCUT2D eigenvalue weighted by Gasteiger charge is -2.27. The Morgan fingerprint density at radius 2 is 2.06 bits per heavy atom. The fraction of sp³-hybridized carbons (Fsp3) is 0.500. The van der Waals surface area contributed by atoms with Gasteiger partial charge in [0, 0.05) is 32.1 Å². The van der Waals surface area contributed by atoms with E-state index in [9.17, 15) is 4.79 Å². The average Bonchev–Trinajstić information content (AvgIpc) is 2.30. The van der Waals surface area contributed by atoms with Crippen molar-refractivity contribution < 1.29 is 4.79 Å². The van der Waals surface area contributed by atoms with E-state index in [4.69, 9.17) is 0 Å². The van der Waals surface area contributed by atoms with Crippen molar-refractivity contribution in [1.82, 2.24) is 0 Å². The monoisotopic (exact) mass is 217 g/mol. The summed E-state index contributed by atoms with van der Waals surface area (Å²) in [5, 5.41) is 0. The molecule has 0 N–H and O–H groups in total. The lowest BCUT2D eigenvalue weighted by molar-refractivity contribution is -0.121. The third-order valence-corrected chi connectivity index (χ3v) is 3.31. The van der Waals surface area contributed by atoms with Gasteiger partial charge in [0.15, 0.2) is 0 Å². The average molecular weight is 217 g/mol. The van der Waals surface area contributed by atoms with E-state index in [2.05, 4.69) is 36.2 Å². The lowest BCUT2D eigenvalue weighted by Crippen LogP contribution is -2.29. The first kappa shape index (κ1) is 11.2. The Kier molecular flexibility index (Phi) is 3.60. The zero-order chi connectivity index (χ0) is 11.4. The number of rotatable bonds is 3. The predicted molar refractivity (Wildman–Crippen MR) is 66.7 cm³/mol. The normalized spacial score (nSPS) is 20.8. The summed E-state index contributed by atoms with van der Waals surface area (Å²) >= 11 is 0. The van der Waals surface area contributed by atoms with Crippen LogP contribution in [-0.2, 0) is 4.79 Å². The van der Waals surface area contributed by atoms with Gasteiger partial charge in [-0.2, -0.15) is 0 Å². The minimum atomic E-state index is 0.442. The summed E-state index contributed by atoms with van der Waals surface area (Å²) in [5.74, 6) is 0.990. The summed E-state index contributed by atoms with van der Waals surface area (Å²) in [6.45, 7) is 0.996. The minimum absolute atomic E-state index is 0.442. The van der Waals surface area contributed by atoms with Crippen LogP contribution in [0.15, 0.2) is 30.3 Å². The third kappa shape index (κ3) is 2.84. The number of hydrogen-bond acceptors (Lipinski definition) is 2. The number of anilines is 1. The first-order valence-electron chi connectivity index (χ1n) is 6.03. The van der Waals surface area contributed by atoms with Gasteiger partial charge in [-0.05, 0) is 30.9 Å². The highest BCUT2D eigenvalue weighted by atomic mass is 16.1. The van der Waals surface area contributed by atoms with Crippen LogP contribution in [-0.4, -0.2) is 19.4 Å². The largest absolute Gasteiger partial charge is 0.374 e. The molecule has 0 heterocycles. The molecule has 1 aromatic carbocycles. The van der Waals surface area contributed by atoms with Crippen molar-refractivity contribution >= 4 is 11.5 Å². The molecule has 0 saturated heterocycles. The number of carbonyl (C=O) groups is 1. The third-order valence-electron chi connectivity index (χ3n) is 3.31. The zero-order valence-corrected chi connectivity index (χ0v) is 9.86. The Hall–Kier alpha value is -1.31. The van der Waals surface area contributed by atoms with Gasteiger partial charge in [-0.1, -0.05) is 18.2 Å². The first-order chi connectivity index (χ1) is 7.75. The smallest absolute Gasteiger partial charge is 0.133 e. The van der Waals surface area contributed by atoms with E-state index in [1.165, 1.54) is 12.1 Å².